The average molecular weight is 193 g/mol. The molecule has 1 saturated heterocycles. The third kappa shape index (κ3) is 2.08. The standard InChI is InChI=1S/C10H15N3O/c1-7-12-4-2-9(13-7)10-6-8(11)3-5-14-10/h2,4,8,10H,3,5-6,11H2,1H3. The second-order valence-electron chi connectivity index (χ2n) is 3.67. The molecule has 0 amide bonds. The van der Waals surface area contributed by atoms with Crippen molar-refractivity contribution in [3.63, 3.8) is 0 Å². The third-order valence-electron chi connectivity index (χ3n) is 2.45. The van der Waals surface area contributed by atoms with E-state index in [4.69, 9.17) is 10.5 Å². The summed E-state index contributed by atoms with van der Waals surface area (Å²) in [6.07, 6.45) is 3.62. The predicted octanol–water partition coefficient (Wildman–Crippen LogP) is 0.964. The van der Waals surface area contributed by atoms with Gasteiger partial charge in [0.1, 0.15) is 11.9 Å². The molecule has 0 bridgehead atoms. The van der Waals surface area contributed by atoms with Gasteiger partial charge in [0.15, 0.2) is 0 Å². The van der Waals surface area contributed by atoms with Gasteiger partial charge in [0, 0.05) is 18.8 Å². The lowest BCUT2D eigenvalue weighted by Gasteiger charge is -2.26. The van der Waals surface area contributed by atoms with E-state index in [9.17, 15) is 0 Å². The van der Waals surface area contributed by atoms with Crippen LogP contribution in [0.15, 0.2) is 12.3 Å². The summed E-state index contributed by atoms with van der Waals surface area (Å²) in [6, 6.07) is 2.14. The van der Waals surface area contributed by atoms with Gasteiger partial charge in [-0.1, -0.05) is 0 Å². The van der Waals surface area contributed by atoms with Crippen molar-refractivity contribution in [2.24, 2.45) is 5.73 Å². The van der Waals surface area contributed by atoms with Gasteiger partial charge in [0.25, 0.3) is 0 Å². The van der Waals surface area contributed by atoms with Crippen LogP contribution < -0.4 is 5.73 Å². The Balaban J connectivity index is 2.14. The van der Waals surface area contributed by atoms with E-state index in [0.717, 1.165) is 31.0 Å². The summed E-state index contributed by atoms with van der Waals surface area (Å²) < 4.78 is 5.62. The fraction of sp³-hybridized carbons (Fsp3) is 0.600. The Hall–Kier alpha value is -1.00. The average Bonchev–Trinajstić information content (AvgIpc) is 2.18. The van der Waals surface area contributed by atoms with Crippen molar-refractivity contribution in [1.29, 1.82) is 0 Å². The SMILES string of the molecule is Cc1nccc(C2CC(N)CCO2)n1. The fourth-order valence-electron chi connectivity index (χ4n) is 1.68. The molecule has 0 spiro atoms. The molecule has 14 heavy (non-hydrogen) atoms. The lowest BCUT2D eigenvalue weighted by atomic mass is 10.0. The molecule has 0 aliphatic carbocycles. The Kier molecular flexibility index (Phi) is 2.74. The van der Waals surface area contributed by atoms with Crippen molar-refractivity contribution >= 4 is 0 Å². The molecule has 1 aliphatic heterocycles. The van der Waals surface area contributed by atoms with Crippen molar-refractivity contribution in [2.45, 2.75) is 31.9 Å². The summed E-state index contributed by atoms with van der Waals surface area (Å²) >= 11 is 0. The minimum atomic E-state index is 0.0560. The van der Waals surface area contributed by atoms with E-state index in [1.54, 1.807) is 6.20 Å². The lowest BCUT2D eigenvalue weighted by molar-refractivity contribution is 0.00395. The van der Waals surface area contributed by atoms with E-state index >= 15 is 0 Å². The van der Waals surface area contributed by atoms with E-state index in [1.807, 2.05) is 13.0 Å². The normalized spacial score (nSPS) is 27.6. The third-order valence-corrected chi connectivity index (χ3v) is 2.45. The number of ether oxygens (including phenoxy) is 1. The first-order valence-corrected chi connectivity index (χ1v) is 4.92. The van der Waals surface area contributed by atoms with Crippen molar-refractivity contribution in [1.82, 2.24) is 9.97 Å². The molecule has 4 heteroatoms. The smallest absolute Gasteiger partial charge is 0.125 e. The van der Waals surface area contributed by atoms with Gasteiger partial charge in [-0.25, -0.2) is 9.97 Å². The van der Waals surface area contributed by atoms with Gasteiger partial charge >= 0.3 is 0 Å². The van der Waals surface area contributed by atoms with Crippen LogP contribution in [-0.4, -0.2) is 22.6 Å². The Morgan fingerprint density at radius 3 is 3.14 bits per heavy atom. The first kappa shape index (κ1) is 9.55. The number of nitrogens with zero attached hydrogens (tertiary/aromatic N) is 2. The first-order valence-electron chi connectivity index (χ1n) is 4.92. The minimum absolute atomic E-state index is 0.0560. The Bertz CT molecular complexity index is 316. The highest BCUT2D eigenvalue weighted by Gasteiger charge is 2.22. The molecule has 2 atom stereocenters. The van der Waals surface area contributed by atoms with Gasteiger partial charge < -0.3 is 10.5 Å². The second-order valence-corrected chi connectivity index (χ2v) is 3.67. The molecule has 0 radical (unpaired) electrons. The molecule has 1 aromatic rings. The minimum Gasteiger partial charge on any atom is -0.372 e. The zero-order valence-electron chi connectivity index (χ0n) is 8.31. The highest BCUT2D eigenvalue weighted by molar-refractivity contribution is 5.06. The maximum Gasteiger partial charge on any atom is 0.125 e. The van der Waals surface area contributed by atoms with Gasteiger partial charge in [0.2, 0.25) is 0 Å². The number of hydrogen-bond donors (Lipinski definition) is 1. The summed E-state index contributed by atoms with van der Waals surface area (Å²) in [5.74, 6) is 0.783. The maximum atomic E-state index is 5.88. The van der Waals surface area contributed by atoms with E-state index in [0.29, 0.717) is 0 Å². The fourth-order valence-corrected chi connectivity index (χ4v) is 1.68. The molecule has 1 aromatic heterocycles. The van der Waals surface area contributed by atoms with Crippen LogP contribution in [-0.2, 0) is 4.74 Å². The zero-order valence-corrected chi connectivity index (χ0v) is 8.31. The number of aryl methyl sites for hydroxylation is 1. The Morgan fingerprint density at radius 1 is 1.57 bits per heavy atom. The van der Waals surface area contributed by atoms with Crippen molar-refractivity contribution < 1.29 is 4.74 Å². The van der Waals surface area contributed by atoms with Gasteiger partial charge in [-0.3, -0.25) is 0 Å². The molecule has 76 valence electrons. The van der Waals surface area contributed by atoms with Crippen LogP contribution in [0.25, 0.3) is 0 Å². The summed E-state index contributed by atoms with van der Waals surface area (Å²) in [4.78, 5) is 8.40. The van der Waals surface area contributed by atoms with Gasteiger partial charge in [-0.05, 0) is 25.8 Å². The predicted molar refractivity (Wildman–Crippen MR) is 52.7 cm³/mol. The number of hydrogen-bond acceptors (Lipinski definition) is 4. The molecule has 0 saturated carbocycles. The molecule has 1 fully saturated rings. The molecular formula is C10H15N3O. The summed E-state index contributed by atoms with van der Waals surface area (Å²) in [7, 11) is 0. The van der Waals surface area contributed by atoms with Crippen LogP contribution >= 0.6 is 0 Å². The summed E-state index contributed by atoms with van der Waals surface area (Å²) in [5.41, 5.74) is 6.83. The van der Waals surface area contributed by atoms with Crippen molar-refractivity contribution in [3.8, 4) is 0 Å². The molecule has 1 aliphatic rings. The van der Waals surface area contributed by atoms with Crippen molar-refractivity contribution in [2.75, 3.05) is 6.61 Å². The second kappa shape index (κ2) is 4.02. The Labute approximate surface area is 83.5 Å². The molecule has 2 heterocycles. The summed E-state index contributed by atoms with van der Waals surface area (Å²) in [6.45, 7) is 2.61. The van der Waals surface area contributed by atoms with E-state index < -0.39 is 0 Å². The lowest BCUT2D eigenvalue weighted by Crippen LogP contribution is -2.31. The molecule has 0 aromatic carbocycles. The van der Waals surface area contributed by atoms with Crippen LogP contribution in [0.4, 0.5) is 0 Å². The van der Waals surface area contributed by atoms with Crippen LogP contribution in [0.5, 0.6) is 0 Å². The molecular weight excluding hydrogens is 178 g/mol. The largest absolute Gasteiger partial charge is 0.372 e. The first-order chi connectivity index (χ1) is 6.75. The highest BCUT2D eigenvalue weighted by Crippen LogP contribution is 2.25. The number of nitrogens with two attached hydrogens (primary N) is 1. The maximum absolute atomic E-state index is 5.88. The van der Waals surface area contributed by atoms with Crippen LogP contribution in [0.2, 0.25) is 0 Å². The van der Waals surface area contributed by atoms with Crippen molar-refractivity contribution in [3.05, 3.63) is 23.8 Å². The molecule has 2 unspecified atom stereocenters. The quantitative estimate of drug-likeness (QED) is 0.721. The molecule has 2 N–H and O–H groups in total. The highest BCUT2D eigenvalue weighted by atomic mass is 16.5. The van der Waals surface area contributed by atoms with Crippen LogP contribution in [0.1, 0.15) is 30.5 Å². The van der Waals surface area contributed by atoms with Gasteiger partial charge in [-0.15, -0.1) is 0 Å². The van der Waals surface area contributed by atoms with E-state index in [2.05, 4.69) is 9.97 Å². The van der Waals surface area contributed by atoms with E-state index in [1.165, 1.54) is 0 Å². The molecule has 2 rings (SSSR count). The number of rotatable bonds is 1. The zero-order chi connectivity index (χ0) is 9.97. The van der Waals surface area contributed by atoms with E-state index in [-0.39, 0.29) is 12.1 Å². The number of aromatic nitrogens is 2. The Morgan fingerprint density at radius 2 is 2.43 bits per heavy atom. The summed E-state index contributed by atoms with van der Waals surface area (Å²) in [5, 5.41) is 0. The van der Waals surface area contributed by atoms with Crippen LogP contribution in [0, 0.1) is 6.92 Å². The topological polar surface area (TPSA) is 61.0 Å². The van der Waals surface area contributed by atoms with Crippen LogP contribution in [0.3, 0.4) is 0 Å². The van der Waals surface area contributed by atoms with Gasteiger partial charge in [-0.2, -0.15) is 0 Å². The van der Waals surface area contributed by atoms with Gasteiger partial charge in [0.05, 0.1) is 5.69 Å². The molecule has 4 nitrogen and oxygen atoms in total. The monoisotopic (exact) mass is 193 g/mol.